The van der Waals surface area contributed by atoms with Crippen LogP contribution in [0.3, 0.4) is 0 Å². The Morgan fingerprint density at radius 3 is 2.76 bits per heavy atom. The summed E-state index contributed by atoms with van der Waals surface area (Å²) in [7, 11) is 1.73. The maximum Gasteiger partial charge on any atom is 0.269 e. The Morgan fingerprint density at radius 1 is 1.32 bits per heavy atom. The third kappa shape index (κ3) is 4.64. The fraction of sp³-hybridized carbons (Fsp3) is 0.625. The van der Waals surface area contributed by atoms with E-state index in [4.69, 9.17) is 4.74 Å². The van der Waals surface area contributed by atoms with Crippen LogP contribution in [0, 0.1) is 0 Å². The van der Waals surface area contributed by atoms with Gasteiger partial charge in [0.1, 0.15) is 11.4 Å². The van der Waals surface area contributed by atoms with Crippen molar-refractivity contribution >= 4 is 5.91 Å². The zero-order valence-corrected chi connectivity index (χ0v) is 14.9. The van der Waals surface area contributed by atoms with Crippen molar-refractivity contribution in [2.45, 2.75) is 39.1 Å². The highest BCUT2D eigenvalue weighted by atomic mass is 16.5. The van der Waals surface area contributed by atoms with Gasteiger partial charge in [0.05, 0.1) is 31.5 Å². The van der Waals surface area contributed by atoms with Gasteiger partial charge < -0.3 is 10.1 Å². The van der Waals surface area contributed by atoms with Crippen LogP contribution >= 0.6 is 0 Å². The quantitative estimate of drug-likeness (QED) is 0.794. The summed E-state index contributed by atoms with van der Waals surface area (Å²) in [6, 6.07) is 1.68. The molecule has 1 aliphatic heterocycles. The van der Waals surface area contributed by atoms with Crippen LogP contribution in [-0.2, 0) is 24.9 Å². The van der Waals surface area contributed by atoms with Crippen molar-refractivity contribution < 1.29 is 9.53 Å². The number of rotatable bonds is 6. The standard InChI is InChI=1S/C16H25N7O2/c1-12-9-22(10-13(2)25-12)6-7-23-11-14(19-20-23)8-17-16(24)15-4-5-18-21(15)3/h4-5,11-13H,6-10H2,1-3H3,(H,17,24). The molecule has 0 bridgehead atoms. The third-order valence-electron chi connectivity index (χ3n) is 4.21. The number of hydrogen-bond acceptors (Lipinski definition) is 6. The molecule has 1 saturated heterocycles. The highest BCUT2D eigenvalue weighted by Crippen LogP contribution is 2.10. The number of carbonyl (C=O) groups excluding carboxylic acids is 1. The van der Waals surface area contributed by atoms with E-state index >= 15 is 0 Å². The monoisotopic (exact) mass is 347 g/mol. The molecular weight excluding hydrogens is 322 g/mol. The average Bonchev–Trinajstić information content (AvgIpc) is 3.18. The van der Waals surface area contributed by atoms with E-state index in [-0.39, 0.29) is 18.1 Å². The Morgan fingerprint density at radius 2 is 2.08 bits per heavy atom. The number of morpholine rings is 1. The summed E-state index contributed by atoms with van der Waals surface area (Å²) in [4.78, 5) is 14.4. The molecule has 3 heterocycles. The predicted octanol–water partition coefficient (Wildman–Crippen LogP) is 0.0508. The molecule has 2 aromatic heterocycles. The molecule has 2 unspecified atom stereocenters. The van der Waals surface area contributed by atoms with Crippen LogP contribution < -0.4 is 5.32 Å². The summed E-state index contributed by atoms with van der Waals surface area (Å²) in [6.45, 7) is 8.08. The van der Waals surface area contributed by atoms with Crippen LogP contribution in [0.4, 0.5) is 0 Å². The van der Waals surface area contributed by atoms with Crippen LogP contribution in [-0.4, -0.2) is 67.4 Å². The summed E-state index contributed by atoms with van der Waals surface area (Å²) in [5.74, 6) is -0.175. The van der Waals surface area contributed by atoms with Gasteiger partial charge >= 0.3 is 0 Å². The van der Waals surface area contributed by atoms with E-state index < -0.39 is 0 Å². The van der Waals surface area contributed by atoms with E-state index in [1.54, 1.807) is 19.3 Å². The second-order valence-electron chi connectivity index (χ2n) is 6.51. The molecule has 0 aliphatic carbocycles. The van der Waals surface area contributed by atoms with Gasteiger partial charge in [-0.2, -0.15) is 5.10 Å². The topological polar surface area (TPSA) is 90.1 Å². The zero-order valence-electron chi connectivity index (χ0n) is 14.9. The van der Waals surface area contributed by atoms with Gasteiger partial charge in [0.2, 0.25) is 0 Å². The highest BCUT2D eigenvalue weighted by Gasteiger charge is 2.21. The molecule has 1 N–H and O–H groups in total. The molecule has 9 nitrogen and oxygen atoms in total. The lowest BCUT2D eigenvalue weighted by Gasteiger charge is -2.35. The van der Waals surface area contributed by atoms with Crippen molar-refractivity contribution in [3.63, 3.8) is 0 Å². The number of hydrogen-bond donors (Lipinski definition) is 1. The van der Waals surface area contributed by atoms with Crippen LogP contribution in [0.5, 0.6) is 0 Å². The lowest BCUT2D eigenvalue weighted by atomic mass is 10.2. The van der Waals surface area contributed by atoms with E-state index in [0.717, 1.165) is 31.9 Å². The lowest BCUT2D eigenvalue weighted by molar-refractivity contribution is -0.0687. The number of amides is 1. The second-order valence-corrected chi connectivity index (χ2v) is 6.51. The number of ether oxygens (including phenoxy) is 1. The van der Waals surface area contributed by atoms with Crippen molar-refractivity contribution in [2.75, 3.05) is 19.6 Å². The van der Waals surface area contributed by atoms with E-state index in [1.165, 1.54) is 4.68 Å². The molecule has 0 aromatic carbocycles. The van der Waals surface area contributed by atoms with E-state index in [1.807, 2.05) is 10.9 Å². The molecule has 9 heteroatoms. The minimum atomic E-state index is -0.175. The molecule has 3 rings (SSSR count). The molecule has 25 heavy (non-hydrogen) atoms. The van der Waals surface area contributed by atoms with Crippen LogP contribution in [0.1, 0.15) is 30.0 Å². The van der Waals surface area contributed by atoms with Gasteiger partial charge in [0.15, 0.2) is 0 Å². The molecular formula is C16H25N7O2. The fourth-order valence-electron chi connectivity index (χ4n) is 3.10. The first kappa shape index (κ1) is 17.6. The third-order valence-corrected chi connectivity index (χ3v) is 4.21. The van der Waals surface area contributed by atoms with Gasteiger partial charge in [0.25, 0.3) is 5.91 Å². The second kappa shape index (κ2) is 7.75. The zero-order chi connectivity index (χ0) is 17.8. The number of nitrogens with one attached hydrogen (secondary N) is 1. The minimum absolute atomic E-state index is 0.175. The average molecular weight is 347 g/mol. The fourth-order valence-corrected chi connectivity index (χ4v) is 3.10. The van der Waals surface area contributed by atoms with Gasteiger partial charge in [-0.1, -0.05) is 5.21 Å². The summed E-state index contributed by atoms with van der Waals surface area (Å²) in [5.41, 5.74) is 1.25. The molecule has 1 aliphatic rings. The first-order chi connectivity index (χ1) is 12.0. The largest absolute Gasteiger partial charge is 0.373 e. The van der Waals surface area contributed by atoms with Crippen molar-refractivity contribution in [1.82, 2.24) is 35.0 Å². The first-order valence-corrected chi connectivity index (χ1v) is 8.54. The van der Waals surface area contributed by atoms with Crippen molar-refractivity contribution in [2.24, 2.45) is 7.05 Å². The van der Waals surface area contributed by atoms with Gasteiger partial charge in [-0.3, -0.25) is 19.1 Å². The highest BCUT2D eigenvalue weighted by molar-refractivity contribution is 5.92. The lowest BCUT2D eigenvalue weighted by Crippen LogP contribution is -2.46. The summed E-state index contributed by atoms with van der Waals surface area (Å²) in [5, 5.41) is 15.1. The van der Waals surface area contributed by atoms with Crippen molar-refractivity contribution in [3.8, 4) is 0 Å². The molecule has 136 valence electrons. The normalized spacial score (nSPS) is 21.4. The summed E-state index contributed by atoms with van der Waals surface area (Å²) >= 11 is 0. The number of nitrogens with zero attached hydrogens (tertiary/aromatic N) is 6. The molecule has 2 aromatic rings. The van der Waals surface area contributed by atoms with Crippen LogP contribution in [0.25, 0.3) is 0 Å². The Hall–Kier alpha value is -2.26. The van der Waals surface area contributed by atoms with Gasteiger partial charge in [-0.05, 0) is 19.9 Å². The van der Waals surface area contributed by atoms with E-state index in [9.17, 15) is 4.79 Å². The first-order valence-electron chi connectivity index (χ1n) is 8.54. The predicted molar refractivity (Wildman–Crippen MR) is 90.8 cm³/mol. The number of carbonyl (C=O) groups is 1. The van der Waals surface area contributed by atoms with Crippen molar-refractivity contribution in [1.29, 1.82) is 0 Å². The smallest absolute Gasteiger partial charge is 0.269 e. The maximum atomic E-state index is 12.1. The summed E-state index contributed by atoms with van der Waals surface area (Å²) < 4.78 is 9.10. The molecule has 0 radical (unpaired) electrons. The molecule has 0 spiro atoms. The number of aromatic nitrogens is 5. The SMILES string of the molecule is CC1CN(CCn2cc(CNC(=O)c3ccnn3C)nn2)CC(C)O1. The Kier molecular flexibility index (Phi) is 5.44. The van der Waals surface area contributed by atoms with E-state index in [2.05, 4.69) is 39.5 Å². The molecule has 1 fully saturated rings. The Bertz CT molecular complexity index is 701. The van der Waals surface area contributed by atoms with E-state index in [0.29, 0.717) is 12.2 Å². The Labute approximate surface area is 146 Å². The van der Waals surface area contributed by atoms with Gasteiger partial charge in [-0.15, -0.1) is 5.10 Å². The molecule has 1 amide bonds. The summed E-state index contributed by atoms with van der Waals surface area (Å²) in [6.07, 6.45) is 3.99. The minimum Gasteiger partial charge on any atom is -0.373 e. The van der Waals surface area contributed by atoms with Crippen LogP contribution in [0.15, 0.2) is 18.5 Å². The molecule has 0 saturated carbocycles. The maximum absolute atomic E-state index is 12.1. The molecule has 2 atom stereocenters. The Balaban J connectivity index is 1.46. The van der Waals surface area contributed by atoms with Gasteiger partial charge in [0, 0.05) is 32.9 Å². The van der Waals surface area contributed by atoms with Crippen molar-refractivity contribution in [3.05, 3.63) is 29.8 Å². The number of aryl methyl sites for hydroxylation is 1. The van der Waals surface area contributed by atoms with Crippen LogP contribution in [0.2, 0.25) is 0 Å². The van der Waals surface area contributed by atoms with Gasteiger partial charge in [-0.25, -0.2) is 0 Å².